The molecule has 1 aromatic rings. The van der Waals surface area contributed by atoms with E-state index in [1.807, 2.05) is 0 Å². The topological polar surface area (TPSA) is 38.5 Å². The zero-order valence-corrected chi connectivity index (χ0v) is 10.9. The maximum absolute atomic E-state index is 5.98. The third kappa shape index (κ3) is 2.10. The van der Waals surface area contributed by atoms with E-state index < -0.39 is 0 Å². The maximum atomic E-state index is 5.98. The summed E-state index contributed by atoms with van der Waals surface area (Å²) in [7, 11) is 1.75. The average molecular weight is 234 g/mol. The Hall–Kier alpha value is -0.900. The van der Waals surface area contributed by atoms with Crippen LogP contribution in [-0.2, 0) is 17.8 Å². The van der Waals surface area contributed by atoms with Gasteiger partial charge in [0, 0.05) is 26.7 Å². The number of hydrogen-bond donors (Lipinski definition) is 1. The fraction of sp³-hybridized carbons (Fsp3) is 0.571. The van der Waals surface area contributed by atoms with Gasteiger partial charge in [0.2, 0.25) is 0 Å². The number of fused-ring (bicyclic) bond motifs is 1. The van der Waals surface area contributed by atoms with Crippen molar-refractivity contribution >= 4 is 0 Å². The molecule has 0 saturated carbocycles. The van der Waals surface area contributed by atoms with Crippen LogP contribution in [0.25, 0.3) is 0 Å². The molecule has 0 bridgehead atoms. The van der Waals surface area contributed by atoms with Gasteiger partial charge in [0.15, 0.2) is 0 Å². The maximum Gasteiger partial charge on any atom is 0.0736 e. The van der Waals surface area contributed by atoms with Gasteiger partial charge in [-0.25, -0.2) is 0 Å². The molecule has 3 nitrogen and oxygen atoms in total. The van der Waals surface area contributed by atoms with E-state index in [1.54, 1.807) is 7.11 Å². The van der Waals surface area contributed by atoms with E-state index in [0.29, 0.717) is 6.54 Å². The molecular weight excluding hydrogens is 212 g/mol. The Balaban J connectivity index is 2.21. The smallest absolute Gasteiger partial charge is 0.0736 e. The fourth-order valence-electron chi connectivity index (χ4n) is 2.50. The molecule has 2 unspecified atom stereocenters. The summed E-state index contributed by atoms with van der Waals surface area (Å²) in [5.74, 6) is 0. The van der Waals surface area contributed by atoms with Crippen LogP contribution in [0.4, 0.5) is 0 Å². The molecule has 0 aliphatic carbocycles. The van der Waals surface area contributed by atoms with Crippen molar-refractivity contribution < 1.29 is 4.74 Å². The van der Waals surface area contributed by atoms with Gasteiger partial charge in [-0.3, -0.25) is 4.90 Å². The van der Waals surface area contributed by atoms with Crippen molar-refractivity contribution in [3.05, 3.63) is 35.4 Å². The first-order chi connectivity index (χ1) is 8.11. The molecule has 0 aromatic heterocycles. The van der Waals surface area contributed by atoms with Crippen LogP contribution in [0.5, 0.6) is 0 Å². The Morgan fingerprint density at radius 1 is 1.35 bits per heavy atom. The third-order valence-electron chi connectivity index (χ3n) is 4.21. The molecule has 94 valence electrons. The lowest BCUT2D eigenvalue weighted by Crippen LogP contribution is -2.56. The molecule has 2 atom stereocenters. The van der Waals surface area contributed by atoms with Crippen LogP contribution in [0.3, 0.4) is 0 Å². The molecule has 1 heterocycles. The Bertz CT molecular complexity index is 369. The highest BCUT2D eigenvalue weighted by atomic mass is 16.5. The van der Waals surface area contributed by atoms with Crippen molar-refractivity contribution in [2.75, 3.05) is 13.7 Å². The summed E-state index contributed by atoms with van der Waals surface area (Å²) < 4.78 is 5.50. The zero-order chi connectivity index (χ0) is 12.5. The van der Waals surface area contributed by atoms with Crippen LogP contribution in [0, 0.1) is 0 Å². The average Bonchev–Trinajstić information content (AvgIpc) is 2.80. The quantitative estimate of drug-likeness (QED) is 0.862. The first-order valence-electron chi connectivity index (χ1n) is 6.16. The lowest BCUT2D eigenvalue weighted by molar-refractivity contribution is -0.0339. The molecule has 1 aliphatic heterocycles. The second-order valence-electron chi connectivity index (χ2n) is 5.06. The van der Waals surface area contributed by atoms with Crippen molar-refractivity contribution in [3.63, 3.8) is 0 Å². The molecular formula is C14H22N2O. The van der Waals surface area contributed by atoms with Crippen LogP contribution in [0.15, 0.2) is 24.3 Å². The van der Waals surface area contributed by atoms with Crippen LogP contribution < -0.4 is 5.73 Å². The largest absolute Gasteiger partial charge is 0.380 e. The molecule has 0 amide bonds. The lowest BCUT2D eigenvalue weighted by Gasteiger charge is -2.41. The van der Waals surface area contributed by atoms with Crippen LogP contribution in [0.2, 0.25) is 0 Å². The van der Waals surface area contributed by atoms with Crippen molar-refractivity contribution in [2.24, 2.45) is 5.73 Å². The van der Waals surface area contributed by atoms with Gasteiger partial charge in [-0.2, -0.15) is 0 Å². The molecule has 0 fully saturated rings. The minimum atomic E-state index is -0.103. The summed E-state index contributed by atoms with van der Waals surface area (Å²) in [6.45, 7) is 6.83. The van der Waals surface area contributed by atoms with E-state index in [-0.39, 0.29) is 11.6 Å². The number of methoxy groups -OCH3 is 1. The van der Waals surface area contributed by atoms with E-state index in [4.69, 9.17) is 10.5 Å². The van der Waals surface area contributed by atoms with Gasteiger partial charge in [0.05, 0.1) is 11.6 Å². The minimum Gasteiger partial charge on any atom is -0.380 e. The third-order valence-corrected chi connectivity index (χ3v) is 4.21. The molecule has 3 heteroatoms. The van der Waals surface area contributed by atoms with E-state index in [0.717, 1.165) is 13.1 Å². The molecule has 2 rings (SSSR count). The Kier molecular flexibility index (Phi) is 3.52. The molecule has 1 aromatic carbocycles. The molecule has 0 spiro atoms. The second kappa shape index (κ2) is 4.77. The number of nitrogens with two attached hydrogens (primary N) is 1. The van der Waals surface area contributed by atoms with Crippen molar-refractivity contribution in [3.8, 4) is 0 Å². The highest BCUT2D eigenvalue weighted by Crippen LogP contribution is 2.31. The molecule has 0 saturated heterocycles. The highest BCUT2D eigenvalue weighted by molar-refractivity contribution is 5.31. The van der Waals surface area contributed by atoms with Crippen LogP contribution in [0.1, 0.15) is 25.0 Å². The zero-order valence-electron chi connectivity index (χ0n) is 10.9. The van der Waals surface area contributed by atoms with Gasteiger partial charge in [0.1, 0.15) is 0 Å². The van der Waals surface area contributed by atoms with E-state index in [2.05, 4.69) is 43.0 Å². The van der Waals surface area contributed by atoms with Crippen LogP contribution >= 0.6 is 0 Å². The summed E-state index contributed by atoms with van der Waals surface area (Å²) in [6.07, 6.45) is 0.127. The minimum absolute atomic E-state index is 0.103. The van der Waals surface area contributed by atoms with E-state index in [1.165, 1.54) is 11.1 Å². The molecule has 17 heavy (non-hydrogen) atoms. The summed E-state index contributed by atoms with van der Waals surface area (Å²) in [4.78, 5) is 2.42. The van der Waals surface area contributed by atoms with E-state index in [9.17, 15) is 0 Å². The Morgan fingerprint density at radius 3 is 2.29 bits per heavy atom. The van der Waals surface area contributed by atoms with Crippen molar-refractivity contribution in [1.82, 2.24) is 4.90 Å². The number of ether oxygens (including phenoxy) is 1. The monoisotopic (exact) mass is 234 g/mol. The van der Waals surface area contributed by atoms with Gasteiger partial charge in [-0.05, 0) is 25.0 Å². The first-order valence-corrected chi connectivity index (χ1v) is 6.16. The Labute approximate surface area is 104 Å². The van der Waals surface area contributed by atoms with Crippen molar-refractivity contribution in [1.29, 1.82) is 0 Å². The molecule has 1 aliphatic rings. The summed E-state index contributed by atoms with van der Waals surface area (Å²) in [5, 5.41) is 0. The van der Waals surface area contributed by atoms with Gasteiger partial charge in [0.25, 0.3) is 0 Å². The number of nitrogens with zero attached hydrogens (tertiary/aromatic N) is 1. The Morgan fingerprint density at radius 2 is 1.88 bits per heavy atom. The summed E-state index contributed by atoms with van der Waals surface area (Å²) in [5.41, 5.74) is 8.70. The van der Waals surface area contributed by atoms with Gasteiger partial charge < -0.3 is 10.5 Å². The molecule has 0 radical (unpaired) electrons. The lowest BCUT2D eigenvalue weighted by atomic mass is 9.93. The van der Waals surface area contributed by atoms with Crippen LogP contribution in [-0.4, -0.2) is 30.2 Å². The predicted molar refractivity (Wildman–Crippen MR) is 69.6 cm³/mol. The predicted octanol–water partition coefficient (Wildman–Crippen LogP) is 1.75. The van der Waals surface area contributed by atoms with E-state index >= 15 is 0 Å². The fourth-order valence-corrected chi connectivity index (χ4v) is 2.50. The summed E-state index contributed by atoms with van der Waals surface area (Å²) in [6, 6.07) is 8.59. The number of rotatable bonds is 4. The normalized spacial score (nSPS) is 20.9. The van der Waals surface area contributed by atoms with Gasteiger partial charge >= 0.3 is 0 Å². The molecule has 2 N–H and O–H groups in total. The highest BCUT2D eigenvalue weighted by Gasteiger charge is 2.39. The van der Waals surface area contributed by atoms with Crippen molar-refractivity contribution in [2.45, 2.75) is 38.6 Å². The first kappa shape index (κ1) is 12.6. The number of hydrogen-bond acceptors (Lipinski definition) is 3. The van der Waals surface area contributed by atoms with Gasteiger partial charge in [-0.1, -0.05) is 24.3 Å². The standard InChI is InChI=1S/C14H22N2O/c1-11(17-3)14(2,10-15)16-8-12-6-4-5-7-13(12)9-16/h4-7,11H,8-10,15H2,1-3H3. The van der Waals surface area contributed by atoms with Gasteiger partial charge in [-0.15, -0.1) is 0 Å². The second-order valence-corrected chi connectivity index (χ2v) is 5.06. The number of benzene rings is 1. The summed E-state index contributed by atoms with van der Waals surface area (Å²) >= 11 is 0. The SMILES string of the molecule is COC(C)C(C)(CN)N1Cc2ccccc2C1.